The van der Waals surface area contributed by atoms with E-state index in [0.29, 0.717) is 39.9 Å². The van der Waals surface area contributed by atoms with Crippen molar-refractivity contribution in [3.8, 4) is 39.9 Å². The van der Waals surface area contributed by atoms with Gasteiger partial charge in [-0.15, -0.1) is 0 Å². The van der Waals surface area contributed by atoms with Crippen molar-refractivity contribution < 1.29 is 28.5 Å². The predicted molar refractivity (Wildman–Crippen MR) is 215 cm³/mol. The summed E-state index contributed by atoms with van der Waals surface area (Å²) in [4.78, 5) is 29.1. The molecule has 278 valence electrons. The highest BCUT2D eigenvalue weighted by Crippen LogP contribution is 2.46. The molecule has 6 rings (SSSR count). The van der Waals surface area contributed by atoms with Gasteiger partial charge >= 0.3 is 0 Å². The van der Waals surface area contributed by atoms with Gasteiger partial charge in [0, 0.05) is 48.0 Å². The number of aromatic nitrogens is 2. The van der Waals surface area contributed by atoms with Gasteiger partial charge in [0.15, 0.2) is 5.69 Å². The quantitative estimate of drug-likeness (QED) is 0.122. The maximum absolute atomic E-state index is 14.6. The number of methoxy groups -OCH3 is 3. The van der Waals surface area contributed by atoms with Crippen LogP contribution in [0.5, 0.6) is 23.0 Å². The second-order valence-corrected chi connectivity index (χ2v) is 19.6. The molecule has 0 bridgehead atoms. The second-order valence-electron chi connectivity index (χ2n) is 14.8. The van der Waals surface area contributed by atoms with Crippen molar-refractivity contribution in [2.24, 2.45) is 0 Å². The smallest absolute Gasteiger partial charge is 0.274 e. The molecular formula is C42H48BrN3O6Si. The van der Waals surface area contributed by atoms with Crippen LogP contribution in [0.2, 0.25) is 5.04 Å². The Morgan fingerprint density at radius 3 is 2.02 bits per heavy atom. The summed E-state index contributed by atoms with van der Waals surface area (Å²) < 4.78 is 25.5. The van der Waals surface area contributed by atoms with Crippen LogP contribution in [-0.2, 0) is 6.61 Å². The molecule has 1 amide bonds. The maximum Gasteiger partial charge on any atom is 0.274 e. The number of hydrogen-bond acceptors (Lipinski definition) is 7. The standard InChI is InChI=1S/C42H48BrN3O6Si/c1-41(2,20-15-21-42(3,4)53(48,31-16-11-9-12-17-31)32-18-13-10-14-19-32)45(5)40(47)38-34-27-52-36-26-37(51-8)35(43)25-33(36)39(34)46(44-38)28-22-29(49-6)24-30(23-28)50-7/h9-14,16-19,22-26,48H,15,20-21,27H2,1-8H3. The lowest BCUT2D eigenvalue weighted by Crippen LogP contribution is -2.65. The number of ether oxygens (including phenoxy) is 4. The van der Waals surface area contributed by atoms with E-state index in [9.17, 15) is 9.59 Å². The van der Waals surface area contributed by atoms with E-state index in [1.807, 2.05) is 67.7 Å². The van der Waals surface area contributed by atoms with Crippen molar-refractivity contribution in [3.05, 3.63) is 107 Å². The molecule has 1 N–H and O–H groups in total. The average molecular weight is 799 g/mol. The van der Waals surface area contributed by atoms with E-state index in [0.717, 1.165) is 45.4 Å². The molecule has 11 heteroatoms. The molecule has 4 aromatic carbocycles. The van der Waals surface area contributed by atoms with Gasteiger partial charge in [-0.05, 0) is 64.1 Å². The number of halogens is 1. The Morgan fingerprint density at radius 2 is 1.47 bits per heavy atom. The minimum absolute atomic E-state index is 0.153. The van der Waals surface area contributed by atoms with Gasteiger partial charge in [0.25, 0.3) is 14.2 Å². The molecule has 1 aliphatic heterocycles. The number of carbonyl (C=O) groups is 1. The van der Waals surface area contributed by atoms with Crippen LogP contribution < -0.4 is 29.3 Å². The molecule has 1 aromatic heterocycles. The van der Waals surface area contributed by atoms with E-state index in [1.165, 1.54) is 0 Å². The fourth-order valence-electron chi connectivity index (χ4n) is 7.33. The molecule has 0 spiro atoms. The summed E-state index contributed by atoms with van der Waals surface area (Å²) >= 11 is 3.64. The van der Waals surface area contributed by atoms with Gasteiger partial charge in [-0.25, -0.2) is 4.68 Å². The highest BCUT2D eigenvalue weighted by Gasteiger charge is 2.49. The molecule has 0 aliphatic carbocycles. The number of benzene rings is 4. The number of carbonyl (C=O) groups excluding carboxylic acids is 1. The second kappa shape index (κ2) is 15.0. The molecule has 0 saturated heterocycles. The van der Waals surface area contributed by atoms with Crippen molar-refractivity contribution >= 4 is 40.5 Å². The third-order valence-corrected chi connectivity index (χ3v) is 16.0. The van der Waals surface area contributed by atoms with E-state index in [-0.39, 0.29) is 12.5 Å². The first kappa shape index (κ1) is 38.2. The molecule has 0 fully saturated rings. The van der Waals surface area contributed by atoms with Gasteiger partial charge in [-0.2, -0.15) is 5.10 Å². The van der Waals surface area contributed by atoms with Gasteiger partial charge in [0.2, 0.25) is 0 Å². The van der Waals surface area contributed by atoms with Crippen LogP contribution in [0, 0.1) is 0 Å². The third-order valence-electron chi connectivity index (χ3n) is 10.8. The fourth-order valence-corrected chi connectivity index (χ4v) is 11.6. The number of fused-ring (bicyclic) bond motifs is 3. The predicted octanol–water partition coefficient (Wildman–Crippen LogP) is 7.77. The summed E-state index contributed by atoms with van der Waals surface area (Å²) in [5, 5.41) is 6.58. The number of nitrogens with zero attached hydrogens (tertiary/aromatic N) is 3. The number of amides is 1. The first-order valence-corrected chi connectivity index (χ1v) is 20.5. The lowest BCUT2D eigenvalue weighted by Gasteiger charge is -2.42. The monoisotopic (exact) mass is 797 g/mol. The van der Waals surface area contributed by atoms with Crippen molar-refractivity contribution in [3.63, 3.8) is 0 Å². The zero-order valence-corrected chi connectivity index (χ0v) is 34.3. The Balaban J connectivity index is 1.32. The molecule has 1 aliphatic rings. The van der Waals surface area contributed by atoms with Crippen LogP contribution in [0.25, 0.3) is 16.9 Å². The van der Waals surface area contributed by atoms with Gasteiger partial charge in [0.05, 0.1) is 37.2 Å². The number of hydrogen-bond donors (Lipinski definition) is 1. The molecule has 0 saturated carbocycles. The Hall–Kier alpha value is -4.58. The largest absolute Gasteiger partial charge is 0.497 e. The van der Waals surface area contributed by atoms with E-state index < -0.39 is 18.9 Å². The van der Waals surface area contributed by atoms with E-state index in [4.69, 9.17) is 24.0 Å². The minimum Gasteiger partial charge on any atom is -0.497 e. The molecular weight excluding hydrogens is 750 g/mol. The van der Waals surface area contributed by atoms with Gasteiger partial charge in [-0.1, -0.05) is 80.9 Å². The lowest BCUT2D eigenvalue weighted by molar-refractivity contribution is 0.0596. The highest BCUT2D eigenvalue weighted by atomic mass is 79.9. The SMILES string of the molecule is COc1cc(OC)cc(-n2nc(C(=O)N(C)C(C)(C)CCCC(C)(C)[Si](O)(c3ccccc3)c3ccccc3)c3c2-c2cc(Br)c(OC)cc2OC3)c1. The zero-order chi connectivity index (χ0) is 38.1. The fraction of sp³-hybridized carbons (Fsp3) is 0.333. The van der Waals surface area contributed by atoms with Crippen LogP contribution >= 0.6 is 15.9 Å². The molecule has 53 heavy (non-hydrogen) atoms. The van der Waals surface area contributed by atoms with Gasteiger partial charge < -0.3 is 28.6 Å². The van der Waals surface area contributed by atoms with E-state index in [1.54, 1.807) is 37.0 Å². The molecule has 9 nitrogen and oxygen atoms in total. The minimum atomic E-state index is -3.16. The van der Waals surface area contributed by atoms with Crippen LogP contribution in [0.15, 0.2) is 95.5 Å². The van der Waals surface area contributed by atoms with Crippen LogP contribution in [0.3, 0.4) is 0 Å². The van der Waals surface area contributed by atoms with Crippen molar-refractivity contribution in [1.82, 2.24) is 14.7 Å². The zero-order valence-electron chi connectivity index (χ0n) is 31.7. The Morgan fingerprint density at radius 1 is 0.887 bits per heavy atom. The van der Waals surface area contributed by atoms with Crippen LogP contribution in [0.1, 0.15) is 63.0 Å². The topological polar surface area (TPSA) is 95.3 Å². The van der Waals surface area contributed by atoms with E-state index in [2.05, 4.69) is 67.9 Å². The van der Waals surface area contributed by atoms with Crippen molar-refractivity contribution in [2.45, 2.75) is 64.1 Å². The normalized spacial score (nSPS) is 12.7. The molecule has 2 heterocycles. The summed E-state index contributed by atoms with van der Waals surface area (Å²) in [7, 11) is 3.48. The Labute approximate surface area is 321 Å². The van der Waals surface area contributed by atoms with Crippen molar-refractivity contribution in [2.75, 3.05) is 28.4 Å². The first-order chi connectivity index (χ1) is 25.2. The van der Waals surface area contributed by atoms with Crippen LogP contribution in [0.4, 0.5) is 0 Å². The first-order valence-electron chi connectivity index (χ1n) is 17.7. The molecule has 5 aromatic rings. The average Bonchev–Trinajstić information content (AvgIpc) is 3.57. The molecule has 0 unspecified atom stereocenters. The summed E-state index contributed by atoms with van der Waals surface area (Å²) in [5.74, 6) is 2.23. The van der Waals surface area contributed by atoms with Gasteiger partial charge in [0.1, 0.15) is 29.6 Å². The summed E-state index contributed by atoms with van der Waals surface area (Å²) in [5.41, 5.74) is 2.65. The Kier molecular flexibility index (Phi) is 10.8. The lowest BCUT2D eigenvalue weighted by atomic mass is 9.92. The number of rotatable bonds is 13. The van der Waals surface area contributed by atoms with Gasteiger partial charge in [-0.3, -0.25) is 4.79 Å². The summed E-state index contributed by atoms with van der Waals surface area (Å²) in [6, 6.07) is 29.5. The summed E-state index contributed by atoms with van der Waals surface area (Å²) in [6.07, 6.45) is 2.29. The van der Waals surface area contributed by atoms with E-state index >= 15 is 0 Å². The summed E-state index contributed by atoms with van der Waals surface area (Å²) in [6.45, 7) is 8.68. The third kappa shape index (κ3) is 7.09. The van der Waals surface area contributed by atoms with Crippen LogP contribution in [-0.4, -0.2) is 67.6 Å². The maximum atomic E-state index is 14.6. The molecule has 0 radical (unpaired) electrons. The Bertz CT molecular complexity index is 2040. The van der Waals surface area contributed by atoms with Crippen molar-refractivity contribution in [1.29, 1.82) is 0 Å². The highest BCUT2D eigenvalue weighted by molar-refractivity contribution is 9.10. The molecule has 0 atom stereocenters.